The average molecular weight is 207 g/mol. The normalized spacial score (nSPS) is 10.5. The van der Waals surface area contributed by atoms with Gasteiger partial charge in [0.25, 0.3) is 0 Å². The molecule has 0 aliphatic carbocycles. The smallest absolute Gasteiger partial charge is 0.178 e. The molecule has 0 aliphatic rings. The number of aromatic nitrogens is 3. The molecule has 16 heavy (non-hydrogen) atoms. The molecule has 3 heteroatoms. The molecule has 0 spiro atoms. The second-order valence-electron chi connectivity index (χ2n) is 3.47. The van der Waals surface area contributed by atoms with Crippen LogP contribution < -0.4 is 0 Å². The van der Waals surface area contributed by atoms with E-state index in [1.54, 1.807) is 12.4 Å². The van der Waals surface area contributed by atoms with E-state index in [-0.39, 0.29) is 0 Å². The summed E-state index contributed by atoms with van der Waals surface area (Å²) in [6.07, 6.45) is 3.51. The highest BCUT2D eigenvalue weighted by Gasteiger charge is 2.01. The summed E-state index contributed by atoms with van der Waals surface area (Å²) in [7, 11) is 0. The molecule has 2 aromatic heterocycles. The molecule has 0 saturated heterocycles. The zero-order chi connectivity index (χ0) is 10.8. The van der Waals surface area contributed by atoms with Crippen LogP contribution in [0.2, 0.25) is 0 Å². The fourth-order valence-electron chi connectivity index (χ4n) is 1.60. The first-order valence-electron chi connectivity index (χ1n) is 5.07. The molecule has 0 radical (unpaired) electrons. The van der Waals surface area contributed by atoms with Crippen molar-refractivity contribution in [3.05, 3.63) is 54.9 Å². The summed E-state index contributed by atoms with van der Waals surface area (Å²) in [6.45, 7) is 0. The second kappa shape index (κ2) is 3.70. The zero-order valence-electron chi connectivity index (χ0n) is 8.54. The standard InChI is InChI=1S/C13H9N3/c1-2-5-10(6-3-1)12-9-15-11-7-4-8-14-13(11)16-12/h1-9H. The van der Waals surface area contributed by atoms with Crippen LogP contribution >= 0.6 is 0 Å². The van der Waals surface area contributed by atoms with E-state index < -0.39 is 0 Å². The molecule has 3 aromatic rings. The maximum absolute atomic E-state index is 4.47. The molecule has 0 aliphatic heterocycles. The van der Waals surface area contributed by atoms with Crippen LogP contribution in [-0.2, 0) is 0 Å². The Balaban J connectivity index is 2.19. The molecular formula is C13H9N3. The van der Waals surface area contributed by atoms with Gasteiger partial charge in [-0.1, -0.05) is 30.3 Å². The zero-order valence-corrected chi connectivity index (χ0v) is 8.54. The Morgan fingerprint density at radius 2 is 1.69 bits per heavy atom. The van der Waals surface area contributed by atoms with Crippen LogP contribution in [0, 0.1) is 0 Å². The summed E-state index contributed by atoms with van der Waals surface area (Å²) in [5.41, 5.74) is 3.42. The highest BCUT2D eigenvalue weighted by Crippen LogP contribution is 2.17. The topological polar surface area (TPSA) is 38.7 Å². The molecule has 3 rings (SSSR count). The summed E-state index contributed by atoms with van der Waals surface area (Å²) < 4.78 is 0. The van der Waals surface area contributed by atoms with E-state index in [1.807, 2.05) is 42.5 Å². The lowest BCUT2D eigenvalue weighted by Crippen LogP contribution is -1.90. The number of nitrogens with zero attached hydrogens (tertiary/aromatic N) is 3. The van der Waals surface area contributed by atoms with E-state index >= 15 is 0 Å². The van der Waals surface area contributed by atoms with Gasteiger partial charge in [-0.3, -0.25) is 4.98 Å². The number of fused-ring (bicyclic) bond motifs is 1. The molecular weight excluding hydrogens is 198 g/mol. The lowest BCUT2D eigenvalue weighted by molar-refractivity contribution is 1.23. The first-order valence-corrected chi connectivity index (χ1v) is 5.07. The van der Waals surface area contributed by atoms with Crippen molar-refractivity contribution in [3.63, 3.8) is 0 Å². The first kappa shape index (κ1) is 8.97. The summed E-state index contributed by atoms with van der Waals surface area (Å²) in [4.78, 5) is 13.0. The molecule has 0 bridgehead atoms. The number of benzene rings is 1. The van der Waals surface area contributed by atoms with Gasteiger partial charge < -0.3 is 0 Å². The van der Waals surface area contributed by atoms with E-state index in [1.165, 1.54) is 0 Å². The third kappa shape index (κ3) is 1.52. The minimum absolute atomic E-state index is 0.684. The summed E-state index contributed by atoms with van der Waals surface area (Å²) in [5.74, 6) is 0. The van der Waals surface area contributed by atoms with Gasteiger partial charge in [-0.05, 0) is 12.1 Å². The maximum Gasteiger partial charge on any atom is 0.178 e. The van der Waals surface area contributed by atoms with Crippen molar-refractivity contribution in [1.29, 1.82) is 0 Å². The van der Waals surface area contributed by atoms with E-state index in [0.29, 0.717) is 5.65 Å². The fourth-order valence-corrected chi connectivity index (χ4v) is 1.60. The van der Waals surface area contributed by atoms with Gasteiger partial charge in [0.1, 0.15) is 5.52 Å². The van der Waals surface area contributed by atoms with Crippen molar-refractivity contribution >= 4 is 11.2 Å². The van der Waals surface area contributed by atoms with Crippen molar-refractivity contribution < 1.29 is 0 Å². The Kier molecular flexibility index (Phi) is 2.07. The number of hydrogen-bond acceptors (Lipinski definition) is 3. The Labute approximate surface area is 92.8 Å². The highest BCUT2D eigenvalue weighted by atomic mass is 14.9. The van der Waals surface area contributed by atoms with Crippen LogP contribution in [0.3, 0.4) is 0 Å². The summed E-state index contributed by atoms with van der Waals surface area (Å²) in [6, 6.07) is 13.7. The van der Waals surface area contributed by atoms with E-state index in [9.17, 15) is 0 Å². The molecule has 0 saturated carbocycles. The van der Waals surface area contributed by atoms with Crippen LogP contribution in [0.25, 0.3) is 22.4 Å². The van der Waals surface area contributed by atoms with Crippen LogP contribution in [0.4, 0.5) is 0 Å². The summed E-state index contributed by atoms with van der Waals surface area (Å²) in [5, 5.41) is 0. The molecule has 3 nitrogen and oxygen atoms in total. The van der Waals surface area contributed by atoms with Crippen LogP contribution in [-0.4, -0.2) is 15.0 Å². The predicted octanol–water partition coefficient (Wildman–Crippen LogP) is 2.69. The van der Waals surface area contributed by atoms with Gasteiger partial charge >= 0.3 is 0 Å². The van der Waals surface area contributed by atoms with Crippen molar-refractivity contribution in [2.45, 2.75) is 0 Å². The monoisotopic (exact) mass is 207 g/mol. The minimum atomic E-state index is 0.684. The highest BCUT2D eigenvalue weighted by molar-refractivity contribution is 5.72. The number of rotatable bonds is 1. The van der Waals surface area contributed by atoms with E-state index in [2.05, 4.69) is 15.0 Å². The lowest BCUT2D eigenvalue weighted by Gasteiger charge is -2.00. The van der Waals surface area contributed by atoms with Crippen molar-refractivity contribution in [1.82, 2.24) is 15.0 Å². The molecule has 2 heterocycles. The first-order chi connectivity index (χ1) is 7.93. The Hall–Kier alpha value is -2.29. The molecule has 1 aromatic carbocycles. The third-order valence-corrected chi connectivity index (χ3v) is 2.39. The SMILES string of the molecule is c1ccc(-c2cnc3cccnc3n2)cc1. The Morgan fingerprint density at radius 1 is 0.812 bits per heavy atom. The van der Waals surface area contributed by atoms with Gasteiger partial charge in [-0.15, -0.1) is 0 Å². The Bertz CT molecular complexity index is 620. The van der Waals surface area contributed by atoms with Crippen molar-refractivity contribution in [2.75, 3.05) is 0 Å². The van der Waals surface area contributed by atoms with Gasteiger partial charge in [0, 0.05) is 11.8 Å². The quantitative estimate of drug-likeness (QED) is 0.615. The molecule has 0 N–H and O–H groups in total. The van der Waals surface area contributed by atoms with Crippen LogP contribution in [0.15, 0.2) is 54.9 Å². The molecule has 0 unspecified atom stereocenters. The molecule has 0 atom stereocenters. The van der Waals surface area contributed by atoms with Gasteiger partial charge in [-0.25, -0.2) is 9.97 Å². The second-order valence-corrected chi connectivity index (χ2v) is 3.47. The van der Waals surface area contributed by atoms with Gasteiger partial charge in [0.2, 0.25) is 0 Å². The van der Waals surface area contributed by atoms with Gasteiger partial charge in [0.15, 0.2) is 5.65 Å². The van der Waals surface area contributed by atoms with Gasteiger partial charge in [-0.2, -0.15) is 0 Å². The minimum Gasteiger partial charge on any atom is -0.251 e. The largest absolute Gasteiger partial charge is 0.251 e. The van der Waals surface area contributed by atoms with E-state index in [4.69, 9.17) is 0 Å². The number of pyridine rings is 1. The van der Waals surface area contributed by atoms with Gasteiger partial charge in [0.05, 0.1) is 11.9 Å². The third-order valence-electron chi connectivity index (χ3n) is 2.39. The lowest BCUT2D eigenvalue weighted by atomic mass is 10.2. The van der Waals surface area contributed by atoms with Crippen molar-refractivity contribution in [3.8, 4) is 11.3 Å². The predicted molar refractivity (Wildman–Crippen MR) is 62.8 cm³/mol. The van der Waals surface area contributed by atoms with Crippen molar-refractivity contribution in [2.24, 2.45) is 0 Å². The maximum atomic E-state index is 4.47. The number of hydrogen-bond donors (Lipinski definition) is 0. The molecule has 0 fully saturated rings. The molecule has 0 amide bonds. The molecule has 76 valence electrons. The average Bonchev–Trinajstić information content (AvgIpc) is 2.39. The summed E-state index contributed by atoms with van der Waals surface area (Å²) >= 11 is 0. The van der Waals surface area contributed by atoms with Crippen LogP contribution in [0.1, 0.15) is 0 Å². The van der Waals surface area contributed by atoms with Crippen LogP contribution in [0.5, 0.6) is 0 Å². The fraction of sp³-hybridized carbons (Fsp3) is 0. The van der Waals surface area contributed by atoms with E-state index in [0.717, 1.165) is 16.8 Å². The Morgan fingerprint density at radius 3 is 2.56 bits per heavy atom.